The first-order chi connectivity index (χ1) is 14.0. The Kier molecular flexibility index (Phi) is 6.60. The Morgan fingerprint density at radius 2 is 1.45 bits per heavy atom. The summed E-state index contributed by atoms with van der Waals surface area (Å²) in [5.41, 5.74) is 3.11. The van der Waals surface area contributed by atoms with Crippen molar-refractivity contribution in [2.24, 2.45) is 0 Å². The molecule has 1 aliphatic rings. The van der Waals surface area contributed by atoms with E-state index in [1.807, 2.05) is 12.1 Å². The normalized spacial score (nSPS) is 12.2. The number of ketones is 2. The number of hydrogen-bond donors (Lipinski definition) is 2. The third-order valence-corrected chi connectivity index (χ3v) is 5.04. The molecule has 0 aliphatic heterocycles. The molecular weight excluding hydrogens is 364 g/mol. The Balaban J connectivity index is 1.52. The molecule has 0 unspecified atom stereocenters. The zero-order chi connectivity index (χ0) is 20.8. The summed E-state index contributed by atoms with van der Waals surface area (Å²) < 4.78 is 0. The SMILES string of the molecule is C=C(C)C(=O)NCCCCCCNc1cccc2c1C(=O)c1ccccc1C2=O. The molecule has 0 heterocycles. The highest BCUT2D eigenvalue weighted by atomic mass is 16.2. The van der Waals surface area contributed by atoms with Crippen molar-refractivity contribution >= 4 is 23.2 Å². The summed E-state index contributed by atoms with van der Waals surface area (Å²) in [5.74, 6) is -0.302. The molecule has 5 nitrogen and oxygen atoms in total. The van der Waals surface area contributed by atoms with Gasteiger partial charge in [-0.3, -0.25) is 14.4 Å². The molecule has 150 valence electrons. The standard InChI is InChI=1S/C24H26N2O3/c1-16(2)24(29)26-15-8-4-3-7-14-25-20-13-9-12-19-21(20)23(28)18-11-6-5-10-17(18)22(19)27/h5-6,9-13,25H,1,3-4,7-8,14-15H2,2H3,(H,26,29). The first-order valence-electron chi connectivity index (χ1n) is 9.99. The first kappa shape index (κ1) is 20.5. The van der Waals surface area contributed by atoms with Crippen molar-refractivity contribution in [2.45, 2.75) is 32.6 Å². The lowest BCUT2D eigenvalue weighted by molar-refractivity contribution is -0.117. The number of carbonyl (C=O) groups is 3. The summed E-state index contributed by atoms with van der Waals surface area (Å²) in [7, 11) is 0. The molecule has 1 aliphatic carbocycles. The Labute approximate surface area is 171 Å². The molecule has 2 aromatic carbocycles. The van der Waals surface area contributed by atoms with E-state index in [0.29, 0.717) is 40.1 Å². The smallest absolute Gasteiger partial charge is 0.246 e. The molecule has 29 heavy (non-hydrogen) atoms. The van der Waals surface area contributed by atoms with E-state index in [4.69, 9.17) is 0 Å². The third kappa shape index (κ3) is 4.62. The monoisotopic (exact) mass is 390 g/mol. The number of unbranched alkanes of at least 4 members (excludes halogenated alkanes) is 3. The molecule has 5 heteroatoms. The lowest BCUT2D eigenvalue weighted by atomic mass is 9.83. The van der Waals surface area contributed by atoms with E-state index in [-0.39, 0.29) is 17.5 Å². The largest absolute Gasteiger partial charge is 0.384 e. The molecule has 0 fully saturated rings. The maximum Gasteiger partial charge on any atom is 0.246 e. The average Bonchev–Trinajstić information content (AvgIpc) is 2.73. The number of carbonyl (C=O) groups excluding carboxylic acids is 3. The van der Waals surface area contributed by atoms with Gasteiger partial charge >= 0.3 is 0 Å². The van der Waals surface area contributed by atoms with Gasteiger partial charge in [-0.15, -0.1) is 0 Å². The minimum atomic E-state index is -0.105. The highest BCUT2D eigenvalue weighted by Crippen LogP contribution is 2.31. The van der Waals surface area contributed by atoms with Gasteiger partial charge in [0.15, 0.2) is 11.6 Å². The number of fused-ring (bicyclic) bond motifs is 2. The minimum Gasteiger partial charge on any atom is -0.384 e. The summed E-state index contributed by atoms with van der Waals surface area (Å²) >= 11 is 0. The molecule has 0 radical (unpaired) electrons. The lowest BCUT2D eigenvalue weighted by Gasteiger charge is -2.20. The zero-order valence-corrected chi connectivity index (χ0v) is 16.7. The van der Waals surface area contributed by atoms with Crippen LogP contribution in [0.15, 0.2) is 54.6 Å². The second kappa shape index (κ2) is 9.32. The van der Waals surface area contributed by atoms with Crippen LogP contribution >= 0.6 is 0 Å². The maximum absolute atomic E-state index is 13.0. The molecule has 0 spiro atoms. The molecular formula is C24H26N2O3. The van der Waals surface area contributed by atoms with Crippen molar-refractivity contribution in [3.8, 4) is 0 Å². The van der Waals surface area contributed by atoms with E-state index in [0.717, 1.165) is 32.2 Å². The van der Waals surface area contributed by atoms with Gasteiger partial charge in [-0.1, -0.05) is 55.8 Å². The predicted octanol–water partition coefficient (Wildman–Crippen LogP) is 4.13. The van der Waals surface area contributed by atoms with Crippen molar-refractivity contribution in [3.05, 3.63) is 76.9 Å². The molecule has 3 rings (SSSR count). The molecule has 2 aromatic rings. The molecule has 2 N–H and O–H groups in total. The fourth-order valence-corrected chi connectivity index (χ4v) is 3.47. The van der Waals surface area contributed by atoms with Crippen LogP contribution in [0.4, 0.5) is 5.69 Å². The first-order valence-corrected chi connectivity index (χ1v) is 9.99. The number of amides is 1. The summed E-state index contributed by atoms with van der Waals surface area (Å²) in [6.45, 7) is 6.68. The summed E-state index contributed by atoms with van der Waals surface area (Å²) in [5, 5.41) is 6.15. The molecule has 0 atom stereocenters. The topological polar surface area (TPSA) is 75.3 Å². The quantitative estimate of drug-likeness (QED) is 0.426. The Hall–Kier alpha value is -3.21. The van der Waals surface area contributed by atoms with E-state index in [9.17, 15) is 14.4 Å². The van der Waals surface area contributed by atoms with E-state index >= 15 is 0 Å². The molecule has 1 amide bonds. The molecule has 0 saturated heterocycles. The highest BCUT2D eigenvalue weighted by Gasteiger charge is 2.31. The van der Waals surface area contributed by atoms with Crippen LogP contribution in [0.25, 0.3) is 0 Å². The number of nitrogens with one attached hydrogen (secondary N) is 2. The van der Waals surface area contributed by atoms with Crippen LogP contribution in [-0.2, 0) is 4.79 Å². The van der Waals surface area contributed by atoms with Gasteiger partial charge in [0.1, 0.15) is 0 Å². The van der Waals surface area contributed by atoms with Crippen molar-refractivity contribution < 1.29 is 14.4 Å². The number of benzene rings is 2. The van der Waals surface area contributed by atoms with E-state index in [2.05, 4.69) is 17.2 Å². The summed E-state index contributed by atoms with van der Waals surface area (Å²) in [6, 6.07) is 12.4. The highest BCUT2D eigenvalue weighted by molar-refractivity contribution is 6.30. The van der Waals surface area contributed by atoms with Crippen LogP contribution in [0.3, 0.4) is 0 Å². The van der Waals surface area contributed by atoms with Crippen molar-refractivity contribution in [1.82, 2.24) is 5.32 Å². The second-order valence-electron chi connectivity index (χ2n) is 7.31. The third-order valence-electron chi connectivity index (χ3n) is 5.04. The van der Waals surface area contributed by atoms with E-state index in [1.165, 1.54) is 0 Å². The van der Waals surface area contributed by atoms with Gasteiger partial charge in [0.05, 0.1) is 5.56 Å². The Morgan fingerprint density at radius 1 is 0.828 bits per heavy atom. The number of hydrogen-bond acceptors (Lipinski definition) is 4. The van der Waals surface area contributed by atoms with Gasteiger partial charge in [0, 0.05) is 41.0 Å². The average molecular weight is 390 g/mol. The van der Waals surface area contributed by atoms with Gasteiger partial charge in [0.25, 0.3) is 0 Å². The van der Waals surface area contributed by atoms with Crippen molar-refractivity contribution in [2.75, 3.05) is 18.4 Å². The zero-order valence-electron chi connectivity index (χ0n) is 16.7. The fraction of sp³-hybridized carbons (Fsp3) is 0.292. The van der Waals surface area contributed by atoms with Crippen LogP contribution in [0.1, 0.15) is 64.4 Å². The van der Waals surface area contributed by atoms with Gasteiger partial charge < -0.3 is 10.6 Å². The van der Waals surface area contributed by atoms with Gasteiger partial charge in [-0.05, 0) is 25.8 Å². The van der Waals surface area contributed by atoms with Crippen LogP contribution in [-0.4, -0.2) is 30.6 Å². The van der Waals surface area contributed by atoms with Crippen LogP contribution in [0.5, 0.6) is 0 Å². The number of rotatable bonds is 9. The maximum atomic E-state index is 13.0. The molecule has 0 saturated carbocycles. The van der Waals surface area contributed by atoms with Gasteiger partial charge in [-0.25, -0.2) is 0 Å². The van der Waals surface area contributed by atoms with Gasteiger partial charge in [0.2, 0.25) is 5.91 Å². The van der Waals surface area contributed by atoms with Crippen molar-refractivity contribution in [3.63, 3.8) is 0 Å². The van der Waals surface area contributed by atoms with E-state index in [1.54, 1.807) is 37.3 Å². The minimum absolute atomic E-state index is 0.0960. The predicted molar refractivity (Wildman–Crippen MR) is 115 cm³/mol. The van der Waals surface area contributed by atoms with Gasteiger partial charge in [-0.2, -0.15) is 0 Å². The molecule has 0 bridgehead atoms. The lowest BCUT2D eigenvalue weighted by Crippen LogP contribution is -2.24. The van der Waals surface area contributed by atoms with E-state index < -0.39 is 0 Å². The summed E-state index contributed by atoms with van der Waals surface area (Å²) in [4.78, 5) is 37.1. The Bertz CT molecular complexity index is 962. The fourth-order valence-electron chi connectivity index (χ4n) is 3.47. The second-order valence-corrected chi connectivity index (χ2v) is 7.31. The van der Waals surface area contributed by atoms with Crippen molar-refractivity contribution in [1.29, 1.82) is 0 Å². The van der Waals surface area contributed by atoms with Crippen LogP contribution in [0.2, 0.25) is 0 Å². The molecule has 0 aromatic heterocycles. The number of anilines is 1. The Morgan fingerprint density at radius 3 is 2.14 bits per heavy atom. The van der Waals surface area contributed by atoms with Crippen LogP contribution in [0, 0.1) is 0 Å². The summed E-state index contributed by atoms with van der Waals surface area (Å²) in [6.07, 6.45) is 3.89. The van der Waals surface area contributed by atoms with Crippen LogP contribution < -0.4 is 10.6 Å².